The molecule has 0 aromatic heterocycles. The van der Waals surface area contributed by atoms with Crippen LogP contribution >= 0.6 is 0 Å². The van der Waals surface area contributed by atoms with Gasteiger partial charge in [-0.25, -0.2) is 8.42 Å². The molecule has 0 atom stereocenters. The second-order valence-electron chi connectivity index (χ2n) is 6.46. The summed E-state index contributed by atoms with van der Waals surface area (Å²) >= 11 is 0. The third kappa shape index (κ3) is 5.06. The number of rotatable bonds is 5. The molecule has 0 radical (unpaired) electrons. The predicted octanol–water partition coefficient (Wildman–Crippen LogP) is 3.32. The molecule has 0 aliphatic rings. The number of carbonyl (C=O) groups excluding carboxylic acids is 1. The monoisotopic (exact) mass is 360 g/mol. The Balaban J connectivity index is 2.25. The molecule has 5 nitrogen and oxygen atoms in total. The number of nitrogens with zero attached hydrogens (tertiary/aromatic N) is 1. The highest BCUT2D eigenvalue weighted by Gasteiger charge is 2.21. The van der Waals surface area contributed by atoms with Gasteiger partial charge in [0.1, 0.15) is 6.54 Å². The largest absolute Gasteiger partial charge is 0.324 e. The maximum absolute atomic E-state index is 12.4. The zero-order chi connectivity index (χ0) is 18.8. The minimum Gasteiger partial charge on any atom is -0.324 e. The van der Waals surface area contributed by atoms with Gasteiger partial charge < -0.3 is 5.32 Å². The van der Waals surface area contributed by atoms with E-state index in [1.165, 1.54) is 0 Å². The number of anilines is 2. The van der Waals surface area contributed by atoms with Crippen molar-refractivity contribution in [2.75, 3.05) is 22.4 Å². The molecule has 0 fully saturated rings. The van der Waals surface area contributed by atoms with Crippen molar-refractivity contribution in [2.45, 2.75) is 27.7 Å². The summed E-state index contributed by atoms with van der Waals surface area (Å²) in [4.78, 5) is 12.4. The van der Waals surface area contributed by atoms with Crippen LogP contribution < -0.4 is 9.62 Å². The maximum atomic E-state index is 12.4. The fourth-order valence-corrected chi connectivity index (χ4v) is 3.51. The average molecular weight is 360 g/mol. The van der Waals surface area contributed by atoms with Crippen molar-refractivity contribution in [3.8, 4) is 0 Å². The number of hydrogen-bond donors (Lipinski definition) is 1. The highest BCUT2D eigenvalue weighted by molar-refractivity contribution is 7.92. The van der Waals surface area contributed by atoms with Gasteiger partial charge in [0.25, 0.3) is 0 Å². The zero-order valence-corrected chi connectivity index (χ0v) is 16.1. The van der Waals surface area contributed by atoms with Crippen LogP contribution in [0.1, 0.15) is 22.3 Å². The molecule has 25 heavy (non-hydrogen) atoms. The third-order valence-corrected chi connectivity index (χ3v) is 5.11. The summed E-state index contributed by atoms with van der Waals surface area (Å²) in [5, 5.41) is 2.78. The lowest BCUT2D eigenvalue weighted by atomic mass is 10.1. The van der Waals surface area contributed by atoms with E-state index < -0.39 is 10.0 Å². The first-order valence-electron chi connectivity index (χ1n) is 7.99. The molecule has 0 unspecified atom stereocenters. The zero-order valence-electron chi connectivity index (χ0n) is 15.3. The van der Waals surface area contributed by atoms with E-state index in [2.05, 4.69) is 5.32 Å². The summed E-state index contributed by atoms with van der Waals surface area (Å²) in [5.74, 6) is -0.381. The van der Waals surface area contributed by atoms with Crippen molar-refractivity contribution in [3.05, 3.63) is 58.7 Å². The lowest BCUT2D eigenvalue weighted by molar-refractivity contribution is -0.114. The highest BCUT2D eigenvalue weighted by atomic mass is 32.2. The molecule has 0 aliphatic carbocycles. The quantitative estimate of drug-likeness (QED) is 0.889. The van der Waals surface area contributed by atoms with Crippen molar-refractivity contribution < 1.29 is 13.2 Å². The van der Waals surface area contributed by atoms with Crippen molar-refractivity contribution in [2.24, 2.45) is 0 Å². The van der Waals surface area contributed by atoms with Crippen LogP contribution in [-0.4, -0.2) is 27.1 Å². The van der Waals surface area contributed by atoms with Crippen molar-refractivity contribution in [3.63, 3.8) is 0 Å². The average Bonchev–Trinajstić information content (AvgIpc) is 2.45. The lowest BCUT2D eigenvalue weighted by Crippen LogP contribution is -2.37. The topological polar surface area (TPSA) is 66.5 Å². The van der Waals surface area contributed by atoms with E-state index in [1.54, 1.807) is 12.1 Å². The van der Waals surface area contributed by atoms with Gasteiger partial charge in [0.05, 0.1) is 11.9 Å². The van der Waals surface area contributed by atoms with Crippen LogP contribution in [0.5, 0.6) is 0 Å². The molecular weight excluding hydrogens is 336 g/mol. The van der Waals surface area contributed by atoms with Crippen molar-refractivity contribution in [1.82, 2.24) is 0 Å². The number of aryl methyl sites for hydroxylation is 4. The normalized spacial score (nSPS) is 11.2. The van der Waals surface area contributed by atoms with Crippen LogP contribution in [0.4, 0.5) is 11.4 Å². The number of sulfonamides is 1. The standard InChI is InChI=1S/C19H24N2O3S/c1-13-8-14(2)10-17(9-13)20-19(22)12-21(25(5,23)24)18-7-6-15(3)16(4)11-18/h6-11H,12H2,1-5H3,(H,20,22). The Morgan fingerprint density at radius 3 is 2.08 bits per heavy atom. The Morgan fingerprint density at radius 1 is 0.960 bits per heavy atom. The van der Waals surface area contributed by atoms with Crippen molar-refractivity contribution >= 4 is 27.3 Å². The molecule has 1 amide bonds. The van der Waals surface area contributed by atoms with E-state index >= 15 is 0 Å². The van der Waals surface area contributed by atoms with Gasteiger partial charge in [-0.05, 0) is 74.2 Å². The molecule has 6 heteroatoms. The van der Waals surface area contributed by atoms with Gasteiger partial charge in [0.2, 0.25) is 15.9 Å². The Morgan fingerprint density at radius 2 is 1.56 bits per heavy atom. The molecular formula is C19H24N2O3S. The summed E-state index contributed by atoms with van der Waals surface area (Å²) in [6.07, 6.45) is 1.10. The van der Waals surface area contributed by atoms with Gasteiger partial charge in [-0.2, -0.15) is 0 Å². The fourth-order valence-electron chi connectivity index (χ4n) is 2.66. The third-order valence-electron chi connectivity index (χ3n) is 3.97. The molecule has 2 rings (SSSR count). The maximum Gasteiger partial charge on any atom is 0.245 e. The second-order valence-corrected chi connectivity index (χ2v) is 8.37. The summed E-state index contributed by atoms with van der Waals surface area (Å²) in [6.45, 7) is 7.49. The van der Waals surface area contributed by atoms with Gasteiger partial charge in [0, 0.05) is 5.69 Å². The minimum atomic E-state index is -3.58. The molecule has 0 saturated heterocycles. The van der Waals surface area contributed by atoms with Gasteiger partial charge in [-0.1, -0.05) is 12.1 Å². The van der Waals surface area contributed by atoms with Crippen LogP contribution in [0.2, 0.25) is 0 Å². The van der Waals surface area contributed by atoms with Crippen LogP contribution in [0.3, 0.4) is 0 Å². The highest BCUT2D eigenvalue weighted by Crippen LogP contribution is 2.21. The molecule has 2 aromatic carbocycles. The first-order valence-corrected chi connectivity index (χ1v) is 9.84. The van der Waals surface area contributed by atoms with E-state index in [9.17, 15) is 13.2 Å². The van der Waals surface area contributed by atoms with Crippen LogP contribution in [0.15, 0.2) is 36.4 Å². The summed E-state index contributed by atoms with van der Waals surface area (Å²) in [6, 6.07) is 11.1. The Hall–Kier alpha value is -2.34. The predicted molar refractivity (Wildman–Crippen MR) is 103 cm³/mol. The molecule has 0 saturated carbocycles. The van der Waals surface area contributed by atoms with Crippen LogP contribution in [-0.2, 0) is 14.8 Å². The van der Waals surface area contributed by atoms with E-state index in [1.807, 2.05) is 52.0 Å². The molecule has 1 N–H and O–H groups in total. The first-order chi connectivity index (χ1) is 11.6. The van der Waals surface area contributed by atoms with Gasteiger partial charge in [-0.3, -0.25) is 9.10 Å². The van der Waals surface area contributed by atoms with Gasteiger partial charge in [-0.15, -0.1) is 0 Å². The van der Waals surface area contributed by atoms with E-state index in [4.69, 9.17) is 0 Å². The molecule has 0 bridgehead atoms. The molecule has 0 spiro atoms. The number of hydrogen-bond acceptors (Lipinski definition) is 3. The molecule has 0 heterocycles. The number of amides is 1. The number of carbonyl (C=O) groups is 1. The molecule has 134 valence electrons. The summed E-state index contributed by atoms with van der Waals surface area (Å²) in [5.41, 5.74) is 5.25. The van der Waals surface area contributed by atoms with Crippen LogP contribution in [0, 0.1) is 27.7 Å². The minimum absolute atomic E-state index is 0.270. The Labute approximate surface area is 149 Å². The van der Waals surface area contributed by atoms with Gasteiger partial charge in [0.15, 0.2) is 0 Å². The smallest absolute Gasteiger partial charge is 0.245 e. The van der Waals surface area contributed by atoms with Crippen molar-refractivity contribution in [1.29, 1.82) is 0 Å². The summed E-state index contributed by atoms with van der Waals surface area (Å²) in [7, 11) is -3.58. The first kappa shape index (κ1) is 19.0. The lowest BCUT2D eigenvalue weighted by Gasteiger charge is -2.22. The molecule has 0 aliphatic heterocycles. The fraction of sp³-hybridized carbons (Fsp3) is 0.316. The van der Waals surface area contributed by atoms with E-state index in [0.717, 1.165) is 32.8 Å². The number of nitrogens with one attached hydrogen (secondary N) is 1. The second kappa shape index (κ2) is 7.27. The summed E-state index contributed by atoms with van der Waals surface area (Å²) < 4.78 is 25.5. The van der Waals surface area contributed by atoms with Crippen LogP contribution in [0.25, 0.3) is 0 Å². The number of benzene rings is 2. The van der Waals surface area contributed by atoms with E-state index in [0.29, 0.717) is 11.4 Å². The Kier molecular flexibility index (Phi) is 5.52. The SMILES string of the molecule is Cc1cc(C)cc(NC(=O)CN(c2ccc(C)c(C)c2)S(C)(=O)=O)c1. The Bertz CT molecular complexity index is 885. The molecule has 2 aromatic rings. The van der Waals surface area contributed by atoms with Gasteiger partial charge >= 0.3 is 0 Å². The van der Waals surface area contributed by atoms with E-state index in [-0.39, 0.29) is 12.5 Å².